The van der Waals surface area contributed by atoms with E-state index in [-0.39, 0.29) is 35.7 Å². The third-order valence-corrected chi connectivity index (χ3v) is 15.1. The Bertz CT molecular complexity index is 2970. The zero-order valence-corrected chi connectivity index (χ0v) is 40.5. The molecule has 0 radical (unpaired) electrons. The van der Waals surface area contributed by atoms with Crippen LogP contribution >= 0.6 is 11.3 Å². The number of nitrogens with one attached hydrogen (secondary N) is 4. The minimum absolute atomic E-state index is 0.154. The average Bonchev–Trinajstić information content (AvgIpc) is 4.02. The summed E-state index contributed by atoms with van der Waals surface area (Å²) in [5.41, 5.74) is 5.32. The van der Waals surface area contributed by atoms with Crippen LogP contribution < -0.4 is 15.4 Å². The van der Waals surface area contributed by atoms with Crippen LogP contribution in [-0.4, -0.2) is 103 Å². The van der Waals surface area contributed by atoms with Crippen LogP contribution in [0.5, 0.6) is 5.75 Å². The summed E-state index contributed by atoms with van der Waals surface area (Å²) in [7, 11) is 2.55. The second-order valence-electron chi connectivity index (χ2n) is 19.2. The second-order valence-corrected chi connectivity index (χ2v) is 20.4. The van der Waals surface area contributed by atoms with Gasteiger partial charge in [-0.3, -0.25) is 14.2 Å². The molecular formula is C50H57FN10O7S. The molecule has 362 valence electrons. The summed E-state index contributed by atoms with van der Waals surface area (Å²) in [6.45, 7) is 10.6. The van der Waals surface area contributed by atoms with E-state index < -0.39 is 36.3 Å². The lowest BCUT2D eigenvalue weighted by Gasteiger charge is -2.30. The van der Waals surface area contributed by atoms with Crippen molar-refractivity contribution in [3.8, 4) is 39.5 Å². The molecule has 4 N–H and O–H groups in total. The van der Waals surface area contributed by atoms with Crippen LogP contribution in [0.25, 0.3) is 44.7 Å². The van der Waals surface area contributed by atoms with Gasteiger partial charge in [-0.1, -0.05) is 33.8 Å². The molecule has 1 saturated carbocycles. The Balaban J connectivity index is 0.975. The number of imidazole rings is 2. The number of carbonyl (C=O) groups is 4. The van der Waals surface area contributed by atoms with E-state index in [2.05, 4.69) is 33.6 Å². The van der Waals surface area contributed by atoms with Gasteiger partial charge in [-0.05, 0) is 87.6 Å². The normalized spacial score (nSPS) is 19.7. The van der Waals surface area contributed by atoms with Crippen molar-refractivity contribution in [3.63, 3.8) is 0 Å². The van der Waals surface area contributed by atoms with Gasteiger partial charge in [0.2, 0.25) is 18.0 Å². The molecule has 19 heteroatoms. The van der Waals surface area contributed by atoms with Crippen LogP contribution in [0.1, 0.15) is 118 Å². The van der Waals surface area contributed by atoms with Crippen molar-refractivity contribution in [2.45, 2.75) is 109 Å². The molecule has 2 aromatic carbocycles. The number of carbonyl (C=O) groups excluding carboxylic acids is 4. The molecule has 69 heavy (non-hydrogen) atoms. The number of aromatic nitrogens is 6. The molecule has 10 rings (SSSR count). The number of nitrogens with zero attached hydrogens (tertiary/aromatic N) is 6. The highest BCUT2D eigenvalue weighted by atomic mass is 32.1. The van der Waals surface area contributed by atoms with E-state index in [1.807, 2.05) is 56.5 Å². The number of thiazole rings is 1. The molecule has 3 unspecified atom stereocenters. The van der Waals surface area contributed by atoms with Gasteiger partial charge >= 0.3 is 12.2 Å². The Hall–Kier alpha value is -6.76. The van der Waals surface area contributed by atoms with Crippen LogP contribution in [0.3, 0.4) is 0 Å². The third kappa shape index (κ3) is 8.48. The summed E-state index contributed by atoms with van der Waals surface area (Å²) in [5, 5.41) is 7.34. The number of aromatic amines is 2. The first-order chi connectivity index (χ1) is 33.2. The minimum Gasteiger partial charge on any atom is -0.463 e. The molecule has 3 aliphatic heterocycles. The molecule has 4 aliphatic rings. The molecule has 17 nitrogen and oxygen atoms in total. The largest absolute Gasteiger partial charge is 0.463 e. The number of benzene rings is 2. The maximum absolute atomic E-state index is 17.0. The van der Waals surface area contributed by atoms with Crippen molar-refractivity contribution in [3.05, 3.63) is 81.8 Å². The molecule has 5 atom stereocenters. The lowest BCUT2D eigenvalue weighted by atomic mass is 10.0. The summed E-state index contributed by atoms with van der Waals surface area (Å²) >= 11 is 1.68. The predicted octanol–water partition coefficient (Wildman–Crippen LogP) is 8.90. The predicted molar refractivity (Wildman–Crippen MR) is 256 cm³/mol. The van der Waals surface area contributed by atoms with Gasteiger partial charge in [0.25, 0.3) is 0 Å². The van der Waals surface area contributed by atoms with Gasteiger partial charge in [-0.2, -0.15) is 0 Å². The van der Waals surface area contributed by atoms with Crippen LogP contribution in [0.4, 0.5) is 14.0 Å². The Morgan fingerprint density at radius 2 is 1.38 bits per heavy atom. The van der Waals surface area contributed by atoms with E-state index in [1.165, 1.54) is 20.3 Å². The zero-order valence-electron chi connectivity index (χ0n) is 39.7. The van der Waals surface area contributed by atoms with E-state index in [1.54, 1.807) is 33.5 Å². The number of likely N-dealkylation sites (tertiary alicyclic amines) is 2. The summed E-state index contributed by atoms with van der Waals surface area (Å²) in [6.07, 6.45) is 6.57. The van der Waals surface area contributed by atoms with E-state index in [0.717, 1.165) is 69.8 Å². The fraction of sp³-hybridized carbons (Fsp3) is 0.460. The molecule has 3 fully saturated rings. The fourth-order valence-electron chi connectivity index (χ4n) is 10.1. The Kier molecular flexibility index (Phi) is 12.2. The van der Waals surface area contributed by atoms with Gasteiger partial charge in [-0.25, -0.2) is 28.9 Å². The molecular weight excluding hydrogens is 904 g/mol. The highest BCUT2D eigenvalue weighted by Crippen LogP contribution is 2.50. The van der Waals surface area contributed by atoms with E-state index >= 15 is 4.39 Å². The number of fused-ring (bicyclic) bond motifs is 5. The summed E-state index contributed by atoms with van der Waals surface area (Å²) in [6, 6.07) is 9.21. The summed E-state index contributed by atoms with van der Waals surface area (Å²) < 4.78 is 35.5. The van der Waals surface area contributed by atoms with Crippen LogP contribution in [-0.2, 0) is 19.1 Å². The molecule has 4 aromatic heterocycles. The smallest absolute Gasteiger partial charge is 0.407 e. The van der Waals surface area contributed by atoms with Gasteiger partial charge in [0, 0.05) is 40.4 Å². The molecule has 0 bridgehead atoms. The number of H-pyrrole nitrogens is 2. The van der Waals surface area contributed by atoms with Crippen molar-refractivity contribution in [2.24, 2.45) is 11.8 Å². The van der Waals surface area contributed by atoms with Gasteiger partial charge in [-0.15, -0.1) is 11.3 Å². The van der Waals surface area contributed by atoms with E-state index in [9.17, 15) is 19.2 Å². The maximum Gasteiger partial charge on any atom is 0.407 e. The number of methoxy groups -OCH3 is 2. The van der Waals surface area contributed by atoms with Crippen molar-refractivity contribution < 1.29 is 37.8 Å². The van der Waals surface area contributed by atoms with Crippen molar-refractivity contribution in [2.75, 3.05) is 27.3 Å². The summed E-state index contributed by atoms with van der Waals surface area (Å²) in [5.74, 6) is 0.824. The van der Waals surface area contributed by atoms with E-state index in [4.69, 9.17) is 29.2 Å². The standard InChI is InChI=1S/C50H57FN10O7S/c1-24(2)40(57-49(64)66-6)46(62)59-16-8-10-35(59)43-52-22-32(54-43)28-14-15-34-30(18-28)20-37-39-31(51)19-29(21-38(39)68-48(61(34)37)42-26(5)69-45(56-42)27-12-13-27)33-23-53-44(55-33)36-11-9-17-60(36)47(63)41(25(3)4)58-50(65)67-7/h14-15,18-25,27,35-36,40-41,48H,8-13,16-17H2,1-7H3,(H,52,54)(H,53,55)(H,57,64)(H,58,65)/t35-,36-,40?,41?,48?/m0/s1. The third-order valence-electron chi connectivity index (χ3n) is 13.9. The molecule has 6 aromatic rings. The fourth-order valence-corrected chi connectivity index (χ4v) is 11.2. The number of aryl methyl sites for hydroxylation is 1. The maximum atomic E-state index is 17.0. The number of rotatable bonds is 12. The number of amides is 4. The Morgan fingerprint density at radius 3 is 1.93 bits per heavy atom. The van der Waals surface area contributed by atoms with Crippen LogP contribution in [0.2, 0.25) is 0 Å². The number of ether oxygens (including phenoxy) is 3. The first-order valence-electron chi connectivity index (χ1n) is 23.8. The monoisotopic (exact) mass is 960 g/mol. The van der Waals surface area contributed by atoms with Crippen LogP contribution in [0, 0.1) is 24.6 Å². The van der Waals surface area contributed by atoms with Crippen molar-refractivity contribution in [1.82, 2.24) is 49.9 Å². The Labute approximate surface area is 402 Å². The molecule has 2 saturated heterocycles. The van der Waals surface area contributed by atoms with Crippen molar-refractivity contribution >= 4 is 46.2 Å². The first kappa shape index (κ1) is 46.0. The lowest BCUT2D eigenvalue weighted by molar-refractivity contribution is -0.136. The highest BCUT2D eigenvalue weighted by molar-refractivity contribution is 7.11. The van der Waals surface area contributed by atoms with Gasteiger partial charge < -0.3 is 44.6 Å². The number of alkyl carbamates (subject to hydrolysis) is 2. The average molecular weight is 961 g/mol. The van der Waals surface area contributed by atoms with Gasteiger partial charge in [0.05, 0.1) is 71.9 Å². The van der Waals surface area contributed by atoms with E-state index in [0.29, 0.717) is 65.3 Å². The number of hydrogen-bond acceptors (Lipinski definition) is 11. The number of halogens is 1. The molecule has 4 amide bonds. The number of hydrogen-bond donors (Lipinski definition) is 4. The highest BCUT2D eigenvalue weighted by Gasteiger charge is 2.40. The van der Waals surface area contributed by atoms with Gasteiger partial charge in [0.15, 0.2) is 0 Å². The van der Waals surface area contributed by atoms with Crippen LogP contribution in [0.15, 0.2) is 48.8 Å². The second kappa shape index (κ2) is 18.3. The first-order valence-corrected chi connectivity index (χ1v) is 24.6. The topological polar surface area (TPSA) is 202 Å². The molecule has 0 spiro atoms. The lowest BCUT2D eigenvalue weighted by Crippen LogP contribution is -2.51. The Morgan fingerprint density at radius 1 is 0.797 bits per heavy atom. The summed E-state index contributed by atoms with van der Waals surface area (Å²) in [4.78, 5) is 78.0. The molecule has 7 heterocycles. The SMILES string of the molecule is COC(=O)NC(C(=O)N1CCC[C@H]1c1ncc(-c2cc(F)c3c(c2)OC(c2nc(C4CC4)sc2C)n2c-3cc3cc(-c4cnc([C@@H]5CCCN5C(=O)C(NC(=O)OC)C(C)C)[nH]4)ccc32)[nH]1)C(C)C. The molecule has 1 aliphatic carbocycles. The zero-order chi connectivity index (χ0) is 48.4. The van der Waals surface area contributed by atoms with Gasteiger partial charge in [0.1, 0.15) is 41.0 Å². The quantitative estimate of drug-likeness (QED) is 0.0918. The van der Waals surface area contributed by atoms with Crippen molar-refractivity contribution in [1.29, 1.82) is 0 Å². The minimum atomic E-state index is -0.774.